The molecule has 1 aliphatic rings. The topological polar surface area (TPSA) is 60.5 Å². The molecule has 1 aromatic rings. The molecule has 0 radical (unpaired) electrons. The number of esters is 1. The molecule has 0 aromatic carbocycles. The van der Waals surface area contributed by atoms with Crippen LogP contribution in [0.1, 0.15) is 30.3 Å². The van der Waals surface area contributed by atoms with Crippen LogP contribution in [0.2, 0.25) is 0 Å². The first-order valence-corrected chi connectivity index (χ1v) is 7.48. The fraction of sp³-hybridized carbons (Fsp3) is 0.692. The number of anilines is 1. The van der Waals surface area contributed by atoms with Crippen LogP contribution in [0, 0.1) is 6.92 Å². The molecule has 5 nitrogen and oxygen atoms in total. The standard InChI is InChI=1S/C13H20N2O3S/c1-3-17-12(16)7-11-9(2)15-13(19-11)14-8-10-5-4-6-18-10/h10H,3-8H2,1-2H3,(H,14,15)/t10-/m1/s1. The highest BCUT2D eigenvalue weighted by atomic mass is 32.1. The van der Waals surface area contributed by atoms with E-state index in [9.17, 15) is 4.79 Å². The number of nitrogens with zero attached hydrogens (tertiary/aromatic N) is 1. The van der Waals surface area contributed by atoms with Crippen molar-refractivity contribution in [2.75, 3.05) is 25.1 Å². The Morgan fingerprint density at radius 2 is 2.47 bits per heavy atom. The van der Waals surface area contributed by atoms with Crippen molar-refractivity contribution in [3.8, 4) is 0 Å². The predicted octanol–water partition coefficient (Wildman–Crippen LogP) is 2.15. The molecule has 1 aromatic heterocycles. The molecule has 1 N–H and O–H groups in total. The van der Waals surface area contributed by atoms with Crippen LogP contribution < -0.4 is 5.32 Å². The minimum atomic E-state index is -0.195. The van der Waals surface area contributed by atoms with Crippen LogP contribution in [-0.4, -0.2) is 36.8 Å². The van der Waals surface area contributed by atoms with Gasteiger partial charge in [-0.1, -0.05) is 0 Å². The zero-order chi connectivity index (χ0) is 13.7. The summed E-state index contributed by atoms with van der Waals surface area (Å²) >= 11 is 1.52. The third-order valence-electron chi connectivity index (χ3n) is 3.01. The first-order chi connectivity index (χ1) is 9.19. The van der Waals surface area contributed by atoms with Crippen molar-refractivity contribution in [1.29, 1.82) is 0 Å². The van der Waals surface area contributed by atoms with Gasteiger partial charge in [0.15, 0.2) is 5.13 Å². The van der Waals surface area contributed by atoms with E-state index in [0.29, 0.717) is 13.0 Å². The number of rotatable bonds is 6. The molecule has 0 saturated carbocycles. The smallest absolute Gasteiger partial charge is 0.311 e. The minimum absolute atomic E-state index is 0.195. The van der Waals surface area contributed by atoms with E-state index in [0.717, 1.165) is 41.7 Å². The molecule has 0 amide bonds. The number of carbonyl (C=O) groups is 1. The average molecular weight is 284 g/mol. The summed E-state index contributed by atoms with van der Waals surface area (Å²) in [5.74, 6) is -0.195. The fourth-order valence-electron chi connectivity index (χ4n) is 2.02. The van der Waals surface area contributed by atoms with Crippen molar-refractivity contribution in [3.05, 3.63) is 10.6 Å². The number of hydrogen-bond acceptors (Lipinski definition) is 6. The largest absolute Gasteiger partial charge is 0.466 e. The average Bonchev–Trinajstić information content (AvgIpc) is 2.98. The van der Waals surface area contributed by atoms with Crippen LogP contribution in [0.5, 0.6) is 0 Å². The molecule has 106 valence electrons. The van der Waals surface area contributed by atoms with Gasteiger partial charge < -0.3 is 14.8 Å². The second-order valence-corrected chi connectivity index (χ2v) is 5.61. The number of thiazole rings is 1. The molecule has 19 heavy (non-hydrogen) atoms. The van der Waals surface area contributed by atoms with Crippen molar-refractivity contribution in [1.82, 2.24) is 4.98 Å². The van der Waals surface area contributed by atoms with Gasteiger partial charge in [0.2, 0.25) is 0 Å². The summed E-state index contributed by atoms with van der Waals surface area (Å²) in [5.41, 5.74) is 0.896. The number of aromatic nitrogens is 1. The third kappa shape index (κ3) is 4.18. The lowest BCUT2D eigenvalue weighted by atomic mass is 10.2. The predicted molar refractivity (Wildman–Crippen MR) is 74.7 cm³/mol. The molecular weight excluding hydrogens is 264 g/mol. The summed E-state index contributed by atoms with van der Waals surface area (Å²) in [6.45, 7) is 5.79. The van der Waals surface area contributed by atoms with Gasteiger partial charge in [-0.3, -0.25) is 4.79 Å². The summed E-state index contributed by atoms with van der Waals surface area (Å²) in [4.78, 5) is 16.9. The first kappa shape index (κ1) is 14.3. The second kappa shape index (κ2) is 6.86. The van der Waals surface area contributed by atoms with E-state index < -0.39 is 0 Å². The van der Waals surface area contributed by atoms with E-state index in [4.69, 9.17) is 9.47 Å². The molecule has 0 bridgehead atoms. The molecule has 6 heteroatoms. The van der Waals surface area contributed by atoms with Gasteiger partial charge in [-0.05, 0) is 26.7 Å². The van der Waals surface area contributed by atoms with Crippen molar-refractivity contribution in [2.45, 2.75) is 39.2 Å². The van der Waals surface area contributed by atoms with Crippen LogP contribution in [0.15, 0.2) is 0 Å². The summed E-state index contributed by atoms with van der Waals surface area (Å²) in [6, 6.07) is 0. The van der Waals surface area contributed by atoms with Gasteiger partial charge in [-0.2, -0.15) is 0 Å². The number of ether oxygens (including phenoxy) is 2. The highest BCUT2D eigenvalue weighted by Crippen LogP contribution is 2.24. The highest BCUT2D eigenvalue weighted by molar-refractivity contribution is 7.15. The van der Waals surface area contributed by atoms with E-state index in [1.807, 2.05) is 13.8 Å². The Balaban J connectivity index is 1.86. The lowest BCUT2D eigenvalue weighted by Crippen LogP contribution is -2.18. The van der Waals surface area contributed by atoms with E-state index in [1.165, 1.54) is 11.3 Å². The normalized spacial score (nSPS) is 18.5. The maximum Gasteiger partial charge on any atom is 0.311 e. The van der Waals surface area contributed by atoms with E-state index in [-0.39, 0.29) is 12.1 Å². The van der Waals surface area contributed by atoms with Crippen molar-refractivity contribution in [2.24, 2.45) is 0 Å². The van der Waals surface area contributed by atoms with E-state index >= 15 is 0 Å². The Hall–Kier alpha value is -1.14. The number of nitrogens with one attached hydrogen (secondary N) is 1. The summed E-state index contributed by atoms with van der Waals surface area (Å²) in [6.07, 6.45) is 2.83. The van der Waals surface area contributed by atoms with Crippen LogP contribution >= 0.6 is 11.3 Å². The zero-order valence-electron chi connectivity index (χ0n) is 11.4. The summed E-state index contributed by atoms with van der Waals surface area (Å²) < 4.78 is 10.5. The second-order valence-electron chi connectivity index (χ2n) is 4.53. The van der Waals surface area contributed by atoms with Crippen LogP contribution in [-0.2, 0) is 20.7 Å². The Morgan fingerprint density at radius 1 is 1.63 bits per heavy atom. The van der Waals surface area contributed by atoms with Crippen LogP contribution in [0.4, 0.5) is 5.13 Å². The molecular formula is C13H20N2O3S. The lowest BCUT2D eigenvalue weighted by molar-refractivity contribution is -0.142. The monoisotopic (exact) mass is 284 g/mol. The van der Waals surface area contributed by atoms with Gasteiger partial charge in [0.25, 0.3) is 0 Å². The molecule has 2 rings (SSSR count). The third-order valence-corrected chi connectivity index (χ3v) is 4.12. The Morgan fingerprint density at radius 3 is 3.16 bits per heavy atom. The minimum Gasteiger partial charge on any atom is -0.466 e. The van der Waals surface area contributed by atoms with Gasteiger partial charge in [-0.25, -0.2) is 4.98 Å². The quantitative estimate of drug-likeness (QED) is 0.811. The SMILES string of the molecule is CCOC(=O)Cc1sc(NC[C@H]2CCCO2)nc1C. The van der Waals surface area contributed by atoms with Crippen molar-refractivity contribution < 1.29 is 14.3 Å². The van der Waals surface area contributed by atoms with Gasteiger partial charge >= 0.3 is 5.97 Å². The van der Waals surface area contributed by atoms with Crippen LogP contribution in [0.25, 0.3) is 0 Å². The highest BCUT2D eigenvalue weighted by Gasteiger charge is 2.17. The molecule has 1 aliphatic heterocycles. The first-order valence-electron chi connectivity index (χ1n) is 6.66. The van der Waals surface area contributed by atoms with E-state index in [1.54, 1.807) is 0 Å². The van der Waals surface area contributed by atoms with E-state index in [2.05, 4.69) is 10.3 Å². The Kier molecular flexibility index (Phi) is 5.15. The Labute approximate surface area is 117 Å². The molecule has 0 aliphatic carbocycles. The summed E-state index contributed by atoms with van der Waals surface area (Å²) in [7, 11) is 0. The molecule has 1 fully saturated rings. The van der Waals surface area contributed by atoms with Gasteiger partial charge in [0.05, 0.1) is 24.8 Å². The number of hydrogen-bond donors (Lipinski definition) is 1. The molecule has 1 atom stereocenters. The summed E-state index contributed by atoms with van der Waals surface area (Å²) in [5, 5.41) is 4.14. The fourth-order valence-corrected chi connectivity index (χ4v) is 2.97. The number of aryl methyl sites for hydroxylation is 1. The van der Waals surface area contributed by atoms with Gasteiger partial charge in [-0.15, -0.1) is 11.3 Å². The zero-order valence-corrected chi connectivity index (χ0v) is 12.2. The molecule has 0 spiro atoms. The number of carbonyl (C=O) groups excluding carboxylic acids is 1. The maximum absolute atomic E-state index is 11.5. The van der Waals surface area contributed by atoms with Crippen molar-refractivity contribution >= 4 is 22.4 Å². The van der Waals surface area contributed by atoms with Crippen LogP contribution in [0.3, 0.4) is 0 Å². The molecule has 2 heterocycles. The van der Waals surface area contributed by atoms with Crippen molar-refractivity contribution in [3.63, 3.8) is 0 Å². The maximum atomic E-state index is 11.5. The lowest BCUT2D eigenvalue weighted by Gasteiger charge is -2.08. The van der Waals surface area contributed by atoms with Gasteiger partial charge in [0.1, 0.15) is 0 Å². The Bertz CT molecular complexity index is 428. The van der Waals surface area contributed by atoms with Gasteiger partial charge in [0, 0.05) is 18.0 Å². The molecule has 0 unspecified atom stereocenters. The molecule has 1 saturated heterocycles.